The minimum absolute atomic E-state index is 0.663. The maximum absolute atomic E-state index is 7.84. The van der Waals surface area contributed by atoms with Gasteiger partial charge >= 0.3 is 0 Å². The van der Waals surface area contributed by atoms with Crippen molar-refractivity contribution in [2.45, 2.75) is 13.3 Å². The van der Waals surface area contributed by atoms with Gasteiger partial charge in [0.1, 0.15) is 0 Å². The molecule has 0 spiro atoms. The van der Waals surface area contributed by atoms with E-state index in [0.29, 0.717) is 6.42 Å². The first-order chi connectivity index (χ1) is 3.27. The van der Waals surface area contributed by atoms with Crippen LogP contribution in [0.15, 0.2) is 17.3 Å². The molecule has 0 bridgehead atoms. The second-order valence-electron chi connectivity index (χ2n) is 1.46. The predicted octanol–water partition coefficient (Wildman–Crippen LogP) is 1.41. The van der Waals surface area contributed by atoms with Crippen molar-refractivity contribution < 1.29 is 5.21 Å². The van der Waals surface area contributed by atoms with Gasteiger partial charge in [0.25, 0.3) is 0 Å². The molecule has 0 atom stereocenters. The fourth-order valence-electron chi connectivity index (χ4n) is 0.197. The molecule has 1 N–H and O–H groups in total. The number of hydrogen-bond acceptors (Lipinski definition) is 2. The molecule has 40 valence electrons. The number of allylic oxidation sites excluding steroid dienone is 1. The molecule has 0 aromatic rings. The van der Waals surface area contributed by atoms with E-state index < -0.39 is 0 Å². The van der Waals surface area contributed by atoms with Gasteiger partial charge < -0.3 is 5.21 Å². The van der Waals surface area contributed by atoms with Crippen molar-refractivity contribution in [2.24, 2.45) is 5.16 Å². The van der Waals surface area contributed by atoms with Crippen molar-refractivity contribution in [1.82, 2.24) is 0 Å². The highest BCUT2D eigenvalue weighted by Crippen LogP contribution is 1.88. The zero-order valence-electron chi connectivity index (χ0n) is 4.39. The van der Waals surface area contributed by atoms with E-state index in [1.54, 1.807) is 0 Å². The molecule has 0 aromatic carbocycles. The predicted molar refractivity (Wildman–Crippen MR) is 29.7 cm³/mol. The van der Waals surface area contributed by atoms with Gasteiger partial charge in [0.05, 0.1) is 0 Å². The third kappa shape index (κ3) is 5.21. The van der Waals surface area contributed by atoms with Crippen LogP contribution >= 0.6 is 0 Å². The smallest absolute Gasteiger partial charge is 0.0476 e. The van der Waals surface area contributed by atoms with Gasteiger partial charge in [0.15, 0.2) is 0 Å². The second-order valence-corrected chi connectivity index (χ2v) is 1.46. The van der Waals surface area contributed by atoms with E-state index >= 15 is 0 Å². The number of oxime groups is 1. The monoisotopic (exact) mass is 99.1 g/mol. The van der Waals surface area contributed by atoms with Gasteiger partial charge in [-0.1, -0.05) is 12.2 Å². The summed E-state index contributed by atoms with van der Waals surface area (Å²) in [5, 5.41) is 10.6. The van der Waals surface area contributed by atoms with Crippen LogP contribution in [0.3, 0.4) is 0 Å². The molecule has 0 saturated carbocycles. The van der Waals surface area contributed by atoms with Crippen molar-refractivity contribution in [3.05, 3.63) is 12.2 Å². The molecule has 0 aliphatic carbocycles. The van der Waals surface area contributed by atoms with E-state index in [-0.39, 0.29) is 0 Å². The molecule has 0 aromatic heterocycles. The first-order valence-electron chi connectivity index (χ1n) is 2.07. The topological polar surface area (TPSA) is 32.6 Å². The number of rotatable bonds is 2. The van der Waals surface area contributed by atoms with E-state index in [9.17, 15) is 0 Å². The lowest BCUT2D eigenvalue weighted by Gasteiger charge is -1.83. The maximum Gasteiger partial charge on any atom is 0.0476 e. The third-order valence-corrected chi connectivity index (χ3v) is 0.521. The van der Waals surface area contributed by atoms with Gasteiger partial charge in [-0.15, -0.1) is 5.16 Å². The minimum atomic E-state index is 0.663. The van der Waals surface area contributed by atoms with Gasteiger partial charge in [-0.2, -0.15) is 0 Å². The van der Waals surface area contributed by atoms with E-state index in [1.807, 2.05) is 6.92 Å². The minimum Gasteiger partial charge on any atom is -0.411 e. The Morgan fingerprint density at radius 2 is 2.57 bits per heavy atom. The molecule has 0 heterocycles. The summed E-state index contributed by atoms with van der Waals surface area (Å²) in [6.07, 6.45) is 2.07. The highest BCUT2D eigenvalue weighted by Gasteiger charge is 1.75. The largest absolute Gasteiger partial charge is 0.411 e. The van der Waals surface area contributed by atoms with Gasteiger partial charge in [-0.25, -0.2) is 0 Å². The van der Waals surface area contributed by atoms with Crippen LogP contribution in [-0.4, -0.2) is 11.4 Å². The molecule has 0 aliphatic rings. The molecule has 0 amide bonds. The van der Waals surface area contributed by atoms with Crippen molar-refractivity contribution in [2.75, 3.05) is 0 Å². The summed E-state index contributed by atoms with van der Waals surface area (Å²) >= 11 is 0. The van der Waals surface area contributed by atoms with Crippen LogP contribution in [0.4, 0.5) is 0 Å². The zero-order valence-corrected chi connectivity index (χ0v) is 4.39. The molecule has 7 heavy (non-hydrogen) atoms. The van der Waals surface area contributed by atoms with E-state index in [1.165, 1.54) is 6.21 Å². The molecule has 0 saturated heterocycles. The number of hydrogen-bond donors (Lipinski definition) is 1. The second kappa shape index (κ2) is 3.40. The Morgan fingerprint density at radius 1 is 2.00 bits per heavy atom. The van der Waals surface area contributed by atoms with Crippen LogP contribution in [0.5, 0.6) is 0 Å². The van der Waals surface area contributed by atoms with E-state index in [2.05, 4.69) is 11.7 Å². The van der Waals surface area contributed by atoms with Gasteiger partial charge in [-0.05, 0) is 6.92 Å². The fourth-order valence-corrected chi connectivity index (χ4v) is 0.197. The van der Waals surface area contributed by atoms with Crippen molar-refractivity contribution in [1.29, 1.82) is 0 Å². The summed E-state index contributed by atoms with van der Waals surface area (Å²) in [6.45, 7) is 5.47. The summed E-state index contributed by atoms with van der Waals surface area (Å²) in [5.41, 5.74) is 0.998. The fraction of sp³-hybridized carbons (Fsp3) is 0.400. The molecule has 0 unspecified atom stereocenters. The van der Waals surface area contributed by atoms with Crippen LogP contribution < -0.4 is 0 Å². The molecular formula is C5H9NO. The lowest BCUT2D eigenvalue weighted by molar-refractivity contribution is 0.321. The molecule has 0 fully saturated rings. The van der Waals surface area contributed by atoms with Crippen LogP contribution in [0.2, 0.25) is 0 Å². The zero-order chi connectivity index (χ0) is 5.70. The van der Waals surface area contributed by atoms with Gasteiger partial charge in [-0.3, -0.25) is 0 Å². The summed E-state index contributed by atoms with van der Waals surface area (Å²) in [5.74, 6) is 0. The molecule has 0 radical (unpaired) electrons. The first-order valence-corrected chi connectivity index (χ1v) is 2.07. The van der Waals surface area contributed by atoms with Crippen molar-refractivity contribution in [3.63, 3.8) is 0 Å². The quantitative estimate of drug-likeness (QED) is 0.241. The van der Waals surface area contributed by atoms with Crippen LogP contribution in [0.25, 0.3) is 0 Å². The molecule has 2 nitrogen and oxygen atoms in total. The van der Waals surface area contributed by atoms with Crippen molar-refractivity contribution >= 4 is 6.21 Å². The normalized spacial score (nSPS) is 9.86. The van der Waals surface area contributed by atoms with Crippen LogP contribution in [-0.2, 0) is 0 Å². The standard InChI is InChI=1S/C5H9NO/c1-5(2)3-4-6-7/h4,7H,1,3H2,2H3/b6-4+. The van der Waals surface area contributed by atoms with E-state index in [0.717, 1.165) is 5.57 Å². The van der Waals surface area contributed by atoms with Crippen LogP contribution in [0, 0.1) is 0 Å². The lowest BCUT2D eigenvalue weighted by Crippen LogP contribution is -1.73. The Morgan fingerprint density at radius 3 is 2.71 bits per heavy atom. The van der Waals surface area contributed by atoms with Gasteiger partial charge in [0, 0.05) is 12.6 Å². The Hall–Kier alpha value is -0.790. The molecule has 0 rings (SSSR count). The Labute approximate surface area is 43.2 Å². The average molecular weight is 99.1 g/mol. The van der Waals surface area contributed by atoms with Crippen LogP contribution in [0.1, 0.15) is 13.3 Å². The summed E-state index contributed by atoms with van der Waals surface area (Å²) in [4.78, 5) is 0. The Balaban J connectivity index is 3.14. The molecule has 2 heteroatoms. The summed E-state index contributed by atoms with van der Waals surface area (Å²) in [6, 6.07) is 0. The summed E-state index contributed by atoms with van der Waals surface area (Å²) < 4.78 is 0. The number of nitrogens with zero attached hydrogens (tertiary/aromatic N) is 1. The van der Waals surface area contributed by atoms with Gasteiger partial charge in [0.2, 0.25) is 0 Å². The maximum atomic E-state index is 7.84. The molecule has 0 aliphatic heterocycles. The highest BCUT2D eigenvalue weighted by atomic mass is 16.4. The molecular weight excluding hydrogens is 90.1 g/mol. The lowest BCUT2D eigenvalue weighted by atomic mass is 10.3. The van der Waals surface area contributed by atoms with E-state index in [4.69, 9.17) is 5.21 Å². The highest BCUT2D eigenvalue weighted by molar-refractivity contribution is 5.59. The Kier molecular flexibility index (Phi) is 3.02. The average Bonchev–Trinajstić information content (AvgIpc) is 1.61. The van der Waals surface area contributed by atoms with Crippen molar-refractivity contribution in [3.8, 4) is 0 Å². The first kappa shape index (κ1) is 6.21. The Bertz CT molecular complexity index is 86.1. The SMILES string of the molecule is C=C(C)C/C=N/O. The third-order valence-electron chi connectivity index (χ3n) is 0.521. The summed E-state index contributed by atoms with van der Waals surface area (Å²) in [7, 11) is 0.